The molecule has 1 aliphatic carbocycles. The molecule has 2 unspecified atom stereocenters. The van der Waals surface area contributed by atoms with Crippen molar-refractivity contribution in [3.05, 3.63) is 29.0 Å². The van der Waals surface area contributed by atoms with Crippen molar-refractivity contribution in [1.82, 2.24) is 0 Å². The molecule has 0 fully saturated rings. The minimum Gasteiger partial charge on any atom is -0.493 e. The number of ether oxygens (including phenoxy) is 4. The number of hydrogen-bond donors (Lipinski definition) is 0. The van der Waals surface area contributed by atoms with E-state index >= 15 is 0 Å². The van der Waals surface area contributed by atoms with Crippen LogP contribution in [0, 0.1) is 5.92 Å². The molecule has 0 aromatic heterocycles. The number of ketones is 1. The molecule has 0 bridgehead atoms. The lowest BCUT2D eigenvalue weighted by atomic mass is 9.71. The van der Waals surface area contributed by atoms with Crippen molar-refractivity contribution in [3.63, 3.8) is 0 Å². The molecule has 7 heteroatoms. The first kappa shape index (κ1) is 22.8. The van der Waals surface area contributed by atoms with E-state index in [9.17, 15) is 9.59 Å². The van der Waals surface area contributed by atoms with Crippen molar-refractivity contribution in [2.75, 3.05) is 27.9 Å². The van der Waals surface area contributed by atoms with Crippen molar-refractivity contribution in [2.24, 2.45) is 10.9 Å². The summed E-state index contributed by atoms with van der Waals surface area (Å²) in [5.74, 6) is -0.235. The molecule has 168 valence electrons. The van der Waals surface area contributed by atoms with Crippen LogP contribution in [0.4, 0.5) is 0 Å². The molecule has 7 nitrogen and oxygen atoms in total. The third-order valence-electron chi connectivity index (χ3n) is 5.90. The van der Waals surface area contributed by atoms with E-state index in [2.05, 4.69) is 4.99 Å². The molecule has 1 aliphatic heterocycles. The highest BCUT2D eigenvalue weighted by Gasteiger charge is 2.44. The van der Waals surface area contributed by atoms with Gasteiger partial charge in [-0.15, -0.1) is 0 Å². The fourth-order valence-corrected chi connectivity index (χ4v) is 4.42. The number of benzene rings is 1. The van der Waals surface area contributed by atoms with Crippen LogP contribution in [0.25, 0.3) is 0 Å². The van der Waals surface area contributed by atoms with Crippen LogP contribution in [-0.2, 0) is 14.3 Å². The molecule has 0 radical (unpaired) electrons. The molecule has 2 atom stereocenters. The first-order valence-electron chi connectivity index (χ1n) is 10.7. The molecule has 1 aromatic carbocycles. The maximum Gasteiger partial charge on any atom is 0.315 e. The summed E-state index contributed by atoms with van der Waals surface area (Å²) in [6.45, 7) is 4.21. The number of nitrogens with zero attached hydrogens (tertiary/aromatic N) is 1. The Morgan fingerprint density at radius 2 is 1.84 bits per heavy atom. The van der Waals surface area contributed by atoms with Gasteiger partial charge in [0.05, 0.1) is 27.9 Å². The van der Waals surface area contributed by atoms with Gasteiger partial charge in [0.1, 0.15) is 5.92 Å². The predicted molar refractivity (Wildman–Crippen MR) is 117 cm³/mol. The average molecular weight is 430 g/mol. The predicted octanol–water partition coefficient (Wildman–Crippen LogP) is 4.24. The topological polar surface area (TPSA) is 83.4 Å². The summed E-state index contributed by atoms with van der Waals surface area (Å²) in [5.41, 5.74) is 2.68. The standard InChI is InChI=1S/C24H31NO6/c1-6-7-13-31-24(27)19-14(2)25-16-9-8-10-17(26)21(16)20(19)15-11-12-18(28-3)23(30-5)22(15)29-4/h11-12,19-20H,6-10,13H2,1-5H3. The van der Waals surface area contributed by atoms with Gasteiger partial charge in [-0.25, -0.2) is 0 Å². The Bertz CT molecular complexity index is 917. The number of carbonyl (C=O) groups excluding carboxylic acids is 2. The van der Waals surface area contributed by atoms with Crippen LogP contribution in [0.5, 0.6) is 17.2 Å². The number of Topliss-reactive ketones (excluding diaryl/α,β-unsaturated/α-hetero) is 1. The van der Waals surface area contributed by atoms with Crippen LogP contribution in [0.3, 0.4) is 0 Å². The van der Waals surface area contributed by atoms with E-state index in [-0.39, 0.29) is 11.8 Å². The van der Waals surface area contributed by atoms with Crippen molar-refractivity contribution < 1.29 is 28.5 Å². The number of methoxy groups -OCH3 is 3. The Balaban J connectivity index is 2.18. The van der Waals surface area contributed by atoms with Crippen LogP contribution >= 0.6 is 0 Å². The highest BCUT2D eigenvalue weighted by atomic mass is 16.5. The first-order valence-corrected chi connectivity index (χ1v) is 10.7. The van der Waals surface area contributed by atoms with Gasteiger partial charge in [0.2, 0.25) is 5.75 Å². The zero-order valence-electron chi connectivity index (χ0n) is 18.9. The Hall–Kier alpha value is -2.83. The third-order valence-corrected chi connectivity index (χ3v) is 5.90. The molecule has 2 aliphatic rings. The summed E-state index contributed by atoms with van der Waals surface area (Å²) in [7, 11) is 4.62. The van der Waals surface area contributed by atoms with Gasteiger partial charge in [-0.1, -0.05) is 19.4 Å². The highest BCUT2D eigenvalue weighted by molar-refractivity contribution is 6.09. The summed E-state index contributed by atoms with van der Waals surface area (Å²) >= 11 is 0. The maximum absolute atomic E-state index is 13.2. The molecule has 1 aromatic rings. The molecule has 0 saturated carbocycles. The summed E-state index contributed by atoms with van der Waals surface area (Å²) in [6.07, 6.45) is 3.62. The van der Waals surface area contributed by atoms with Crippen LogP contribution in [0.1, 0.15) is 57.4 Å². The number of hydrogen-bond acceptors (Lipinski definition) is 7. The molecule has 1 heterocycles. The first-order chi connectivity index (χ1) is 15.0. The second-order valence-corrected chi connectivity index (χ2v) is 7.79. The van der Waals surface area contributed by atoms with E-state index < -0.39 is 11.8 Å². The quantitative estimate of drug-likeness (QED) is 0.454. The monoisotopic (exact) mass is 429 g/mol. The molecule has 0 saturated heterocycles. The summed E-state index contributed by atoms with van der Waals surface area (Å²) < 4.78 is 22.3. The van der Waals surface area contributed by atoms with E-state index in [0.29, 0.717) is 53.5 Å². The fraction of sp³-hybridized carbons (Fsp3) is 0.542. The molecule has 0 N–H and O–H groups in total. The molecular weight excluding hydrogens is 398 g/mol. The number of rotatable bonds is 8. The van der Waals surface area contributed by atoms with Crippen LogP contribution in [-0.4, -0.2) is 45.4 Å². The Morgan fingerprint density at radius 1 is 1.10 bits per heavy atom. The van der Waals surface area contributed by atoms with Gasteiger partial charge in [0, 0.05) is 34.9 Å². The van der Waals surface area contributed by atoms with Gasteiger partial charge in [0.15, 0.2) is 17.3 Å². The van der Waals surface area contributed by atoms with Crippen molar-refractivity contribution in [2.45, 2.75) is 51.9 Å². The Labute approximate surface area is 183 Å². The number of allylic oxidation sites excluding steroid dienone is 2. The summed E-state index contributed by atoms with van der Waals surface area (Å²) in [4.78, 5) is 30.9. The van der Waals surface area contributed by atoms with Crippen LogP contribution in [0.15, 0.2) is 28.4 Å². The lowest BCUT2D eigenvalue weighted by Crippen LogP contribution is -2.37. The Kier molecular flexibility index (Phi) is 7.36. The maximum atomic E-state index is 13.2. The molecule has 3 rings (SSSR count). The number of esters is 1. The second kappa shape index (κ2) is 9.98. The van der Waals surface area contributed by atoms with E-state index in [4.69, 9.17) is 18.9 Å². The highest BCUT2D eigenvalue weighted by Crippen LogP contribution is 2.50. The molecule has 31 heavy (non-hydrogen) atoms. The van der Waals surface area contributed by atoms with Crippen molar-refractivity contribution >= 4 is 17.5 Å². The number of unbranched alkanes of at least 4 members (excludes halogenated alkanes) is 1. The van der Waals surface area contributed by atoms with Gasteiger partial charge < -0.3 is 18.9 Å². The second-order valence-electron chi connectivity index (χ2n) is 7.79. The van der Waals surface area contributed by atoms with Crippen LogP contribution in [0.2, 0.25) is 0 Å². The lowest BCUT2D eigenvalue weighted by molar-refractivity contribution is -0.146. The normalized spacial score (nSPS) is 20.7. The average Bonchev–Trinajstić information content (AvgIpc) is 2.77. The summed E-state index contributed by atoms with van der Waals surface area (Å²) in [5, 5.41) is 0. The van der Waals surface area contributed by atoms with Gasteiger partial charge >= 0.3 is 5.97 Å². The van der Waals surface area contributed by atoms with Gasteiger partial charge in [-0.05, 0) is 32.3 Å². The van der Waals surface area contributed by atoms with E-state index in [1.807, 2.05) is 19.9 Å². The molecule has 0 spiro atoms. The summed E-state index contributed by atoms with van der Waals surface area (Å²) in [6, 6.07) is 3.60. The zero-order valence-corrected chi connectivity index (χ0v) is 18.9. The molecule has 0 amide bonds. The van der Waals surface area contributed by atoms with Crippen molar-refractivity contribution in [1.29, 1.82) is 0 Å². The smallest absolute Gasteiger partial charge is 0.315 e. The number of carbonyl (C=O) groups is 2. The Morgan fingerprint density at radius 3 is 2.48 bits per heavy atom. The number of aliphatic imine (C=N–C) groups is 1. The van der Waals surface area contributed by atoms with Gasteiger partial charge in [-0.2, -0.15) is 0 Å². The largest absolute Gasteiger partial charge is 0.493 e. The minimum absolute atomic E-state index is 0.0192. The van der Waals surface area contributed by atoms with E-state index in [1.54, 1.807) is 13.2 Å². The lowest BCUT2D eigenvalue weighted by Gasteiger charge is -2.35. The third kappa shape index (κ3) is 4.31. The molecular formula is C24H31NO6. The minimum atomic E-state index is -0.704. The van der Waals surface area contributed by atoms with Gasteiger partial charge in [0.25, 0.3) is 0 Å². The fourth-order valence-electron chi connectivity index (χ4n) is 4.42. The zero-order chi connectivity index (χ0) is 22.5. The SMILES string of the molecule is CCCCOC(=O)C1C(C)=NC2=C(C(=O)CCC2)C1c1ccc(OC)c(OC)c1OC. The van der Waals surface area contributed by atoms with E-state index in [1.165, 1.54) is 14.2 Å². The van der Waals surface area contributed by atoms with Crippen molar-refractivity contribution in [3.8, 4) is 17.2 Å². The van der Waals surface area contributed by atoms with Gasteiger partial charge in [-0.3, -0.25) is 14.6 Å². The van der Waals surface area contributed by atoms with E-state index in [0.717, 1.165) is 25.0 Å². The van der Waals surface area contributed by atoms with Crippen LogP contribution < -0.4 is 14.2 Å².